The van der Waals surface area contributed by atoms with Crippen molar-refractivity contribution in [1.29, 1.82) is 0 Å². The number of fused-ring (bicyclic) bond motifs is 1. The van der Waals surface area contributed by atoms with Crippen LogP contribution in [0.2, 0.25) is 5.02 Å². The van der Waals surface area contributed by atoms with Crippen molar-refractivity contribution in [1.82, 2.24) is 0 Å². The molecule has 0 radical (unpaired) electrons. The van der Waals surface area contributed by atoms with Gasteiger partial charge in [-0.15, -0.1) is 0 Å². The van der Waals surface area contributed by atoms with Crippen LogP contribution in [-0.4, -0.2) is 6.03 Å². The highest BCUT2D eigenvalue weighted by Crippen LogP contribution is 2.21. The average molecular weight is 329 g/mol. The Labute approximate surface area is 136 Å². The number of carbonyl (C=O) groups is 1. The van der Waals surface area contributed by atoms with Crippen molar-refractivity contribution in [3.8, 4) is 0 Å². The van der Waals surface area contributed by atoms with Gasteiger partial charge in [-0.1, -0.05) is 11.6 Å². The maximum atomic E-state index is 12.1. The number of carbonyl (C=O) groups excluding carboxylic acids is 1. The van der Waals surface area contributed by atoms with Crippen LogP contribution in [0, 0.1) is 6.92 Å². The van der Waals surface area contributed by atoms with Gasteiger partial charge in [-0.25, -0.2) is 9.59 Å². The highest BCUT2D eigenvalue weighted by atomic mass is 35.5. The normalized spacial score (nSPS) is 10.5. The van der Waals surface area contributed by atoms with Crippen molar-refractivity contribution in [2.45, 2.75) is 6.92 Å². The largest absolute Gasteiger partial charge is 0.423 e. The molecule has 6 heteroatoms. The molecule has 23 heavy (non-hydrogen) atoms. The predicted octanol–water partition coefficient (Wildman–Crippen LogP) is 4.40. The third-order valence-corrected chi connectivity index (χ3v) is 3.55. The molecule has 1 aromatic heterocycles. The number of aryl methyl sites for hydroxylation is 1. The topological polar surface area (TPSA) is 71.3 Å². The summed E-state index contributed by atoms with van der Waals surface area (Å²) in [6.07, 6.45) is 0. The molecule has 0 aliphatic heterocycles. The van der Waals surface area contributed by atoms with E-state index < -0.39 is 5.63 Å². The van der Waals surface area contributed by atoms with Crippen molar-refractivity contribution in [3.05, 3.63) is 69.5 Å². The first-order valence-corrected chi connectivity index (χ1v) is 7.27. The van der Waals surface area contributed by atoms with E-state index in [0.29, 0.717) is 22.0 Å². The van der Waals surface area contributed by atoms with Crippen LogP contribution in [0.5, 0.6) is 0 Å². The Bertz CT molecular complexity index is 950. The summed E-state index contributed by atoms with van der Waals surface area (Å²) in [5.41, 5.74) is 2.20. The molecule has 0 saturated carbocycles. The lowest BCUT2D eigenvalue weighted by Gasteiger charge is -2.10. The van der Waals surface area contributed by atoms with E-state index >= 15 is 0 Å². The SMILES string of the molecule is Cc1cc(Cl)ccc1NC(=O)Nc1ccc2oc(=O)ccc2c1. The van der Waals surface area contributed by atoms with Crippen molar-refractivity contribution < 1.29 is 9.21 Å². The highest BCUT2D eigenvalue weighted by Gasteiger charge is 2.06. The molecule has 5 nitrogen and oxygen atoms in total. The summed E-state index contributed by atoms with van der Waals surface area (Å²) in [6, 6.07) is 12.9. The van der Waals surface area contributed by atoms with Crippen LogP contribution in [-0.2, 0) is 0 Å². The first-order chi connectivity index (χ1) is 11.0. The summed E-state index contributed by atoms with van der Waals surface area (Å²) in [6.45, 7) is 1.86. The number of hydrogen-bond acceptors (Lipinski definition) is 3. The van der Waals surface area contributed by atoms with Gasteiger partial charge in [0.05, 0.1) is 0 Å². The molecule has 0 atom stereocenters. The second-order valence-electron chi connectivity index (χ2n) is 5.05. The van der Waals surface area contributed by atoms with Gasteiger partial charge in [-0.05, 0) is 55.0 Å². The van der Waals surface area contributed by atoms with E-state index in [2.05, 4.69) is 10.6 Å². The third kappa shape index (κ3) is 3.52. The van der Waals surface area contributed by atoms with E-state index in [4.69, 9.17) is 16.0 Å². The fourth-order valence-electron chi connectivity index (χ4n) is 2.20. The smallest absolute Gasteiger partial charge is 0.336 e. The van der Waals surface area contributed by atoms with Crippen molar-refractivity contribution in [3.63, 3.8) is 0 Å². The number of nitrogens with one attached hydrogen (secondary N) is 2. The number of urea groups is 1. The molecule has 0 aliphatic carbocycles. The number of amides is 2. The van der Waals surface area contributed by atoms with E-state index in [1.54, 1.807) is 42.5 Å². The van der Waals surface area contributed by atoms with E-state index in [0.717, 1.165) is 10.9 Å². The molecule has 1 heterocycles. The molecule has 0 fully saturated rings. The molecule has 2 N–H and O–H groups in total. The quantitative estimate of drug-likeness (QED) is 0.685. The van der Waals surface area contributed by atoms with Crippen LogP contribution < -0.4 is 16.3 Å². The van der Waals surface area contributed by atoms with Crippen LogP contribution in [0.3, 0.4) is 0 Å². The molecule has 0 bridgehead atoms. The average Bonchev–Trinajstić information content (AvgIpc) is 2.50. The second-order valence-corrected chi connectivity index (χ2v) is 5.48. The Hall–Kier alpha value is -2.79. The van der Waals surface area contributed by atoms with E-state index in [9.17, 15) is 9.59 Å². The van der Waals surface area contributed by atoms with Gasteiger partial charge in [0, 0.05) is 27.8 Å². The van der Waals surface area contributed by atoms with Gasteiger partial charge in [-0.2, -0.15) is 0 Å². The van der Waals surface area contributed by atoms with Gasteiger partial charge >= 0.3 is 11.7 Å². The molecule has 116 valence electrons. The third-order valence-electron chi connectivity index (χ3n) is 3.31. The number of anilines is 2. The zero-order valence-electron chi connectivity index (χ0n) is 12.2. The Morgan fingerprint density at radius 3 is 2.65 bits per heavy atom. The Morgan fingerprint density at radius 1 is 1.04 bits per heavy atom. The number of benzene rings is 2. The zero-order valence-corrected chi connectivity index (χ0v) is 13.0. The minimum absolute atomic E-state index is 0.368. The maximum absolute atomic E-state index is 12.1. The highest BCUT2D eigenvalue weighted by molar-refractivity contribution is 6.30. The van der Waals surface area contributed by atoms with Gasteiger partial charge in [0.1, 0.15) is 5.58 Å². The van der Waals surface area contributed by atoms with Crippen LogP contribution in [0.25, 0.3) is 11.0 Å². The summed E-state index contributed by atoms with van der Waals surface area (Å²) in [7, 11) is 0. The number of rotatable bonds is 2. The van der Waals surface area contributed by atoms with Crippen molar-refractivity contribution in [2.24, 2.45) is 0 Å². The lowest BCUT2D eigenvalue weighted by Crippen LogP contribution is -2.19. The molecule has 0 unspecified atom stereocenters. The Morgan fingerprint density at radius 2 is 1.87 bits per heavy atom. The lowest BCUT2D eigenvalue weighted by molar-refractivity contribution is 0.262. The van der Waals surface area contributed by atoms with E-state index in [1.165, 1.54) is 6.07 Å². The van der Waals surface area contributed by atoms with Crippen LogP contribution in [0.4, 0.5) is 16.2 Å². The summed E-state index contributed by atoms with van der Waals surface area (Å²) in [5.74, 6) is 0. The molecule has 0 spiro atoms. The molecule has 3 rings (SSSR count). The monoisotopic (exact) mass is 328 g/mol. The molecule has 0 aliphatic rings. The van der Waals surface area contributed by atoms with E-state index in [-0.39, 0.29) is 6.03 Å². The van der Waals surface area contributed by atoms with Crippen LogP contribution >= 0.6 is 11.6 Å². The molecule has 2 aromatic carbocycles. The minimum Gasteiger partial charge on any atom is -0.423 e. The summed E-state index contributed by atoms with van der Waals surface area (Å²) < 4.78 is 5.05. The minimum atomic E-state index is -0.408. The zero-order chi connectivity index (χ0) is 16.4. The summed E-state index contributed by atoms with van der Waals surface area (Å²) in [5, 5.41) is 6.84. The predicted molar refractivity (Wildman–Crippen MR) is 91.3 cm³/mol. The standard InChI is InChI=1S/C17H13ClN2O3/c1-10-8-12(18)3-5-14(10)20-17(22)19-13-4-6-15-11(9-13)2-7-16(21)23-15/h2-9H,1H3,(H2,19,20,22). The molecular formula is C17H13ClN2O3. The molecule has 0 saturated heterocycles. The molecule has 2 amide bonds. The van der Waals surface area contributed by atoms with Crippen molar-refractivity contribution in [2.75, 3.05) is 10.6 Å². The van der Waals surface area contributed by atoms with Gasteiger partial charge < -0.3 is 15.1 Å². The first kappa shape index (κ1) is 15.1. The van der Waals surface area contributed by atoms with Gasteiger partial charge in [0.25, 0.3) is 0 Å². The number of hydrogen-bond donors (Lipinski definition) is 2. The molecular weight excluding hydrogens is 316 g/mol. The van der Waals surface area contributed by atoms with Gasteiger partial charge in [0.2, 0.25) is 0 Å². The maximum Gasteiger partial charge on any atom is 0.336 e. The fourth-order valence-corrected chi connectivity index (χ4v) is 2.43. The number of halogens is 1. The Balaban J connectivity index is 1.77. The Kier molecular flexibility index (Phi) is 4.04. The van der Waals surface area contributed by atoms with E-state index in [1.807, 2.05) is 6.92 Å². The second kappa shape index (κ2) is 6.14. The van der Waals surface area contributed by atoms with Crippen LogP contribution in [0.1, 0.15) is 5.56 Å². The fraction of sp³-hybridized carbons (Fsp3) is 0.0588. The van der Waals surface area contributed by atoms with Gasteiger partial charge in [0.15, 0.2) is 0 Å². The summed E-state index contributed by atoms with van der Waals surface area (Å²) >= 11 is 5.89. The first-order valence-electron chi connectivity index (χ1n) is 6.89. The summed E-state index contributed by atoms with van der Waals surface area (Å²) in [4.78, 5) is 23.2. The lowest BCUT2D eigenvalue weighted by atomic mass is 10.2. The van der Waals surface area contributed by atoms with Crippen molar-refractivity contribution >= 4 is 40.0 Å². The van der Waals surface area contributed by atoms with Gasteiger partial charge in [-0.3, -0.25) is 0 Å². The molecule has 3 aromatic rings. The van der Waals surface area contributed by atoms with Crippen LogP contribution in [0.15, 0.2) is 57.7 Å².